The van der Waals surface area contributed by atoms with Crippen molar-refractivity contribution in [3.8, 4) is 0 Å². The molecular formula is C28H24Cl2F6N6O3S. The lowest BCUT2D eigenvalue weighted by Gasteiger charge is -2.39. The smallest absolute Gasteiger partial charge is 0.369 e. The van der Waals surface area contributed by atoms with Gasteiger partial charge >= 0.3 is 12.4 Å². The second-order valence-corrected chi connectivity index (χ2v) is 13.4. The zero-order valence-electron chi connectivity index (χ0n) is 23.6. The lowest BCUT2D eigenvalue weighted by Crippen LogP contribution is -2.50. The topological polar surface area (TPSA) is 86.0 Å². The fourth-order valence-electron chi connectivity index (χ4n) is 5.70. The Kier molecular flexibility index (Phi) is 8.44. The Hall–Kier alpha value is -3.47. The lowest BCUT2D eigenvalue weighted by atomic mass is 10.1. The van der Waals surface area contributed by atoms with Crippen LogP contribution in [0.25, 0.3) is 11.0 Å². The first-order valence-corrected chi connectivity index (χ1v) is 16.1. The molecule has 4 aromatic rings. The molecule has 0 radical (unpaired) electrons. The van der Waals surface area contributed by atoms with Crippen LogP contribution in [0.3, 0.4) is 0 Å². The summed E-state index contributed by atoms with van der Waals surface area (Å²) in [5.74, 6) is 0. The predicted octanol–water partition coefficient (Wildman–Crippen LogP) is 6.40. The van der Waals surface area contributed by atoms with Gasteiger partial charge in [-0.3, -0.25) is 0 Å². The fourth-order valence-corrected chi connectivity index (χ4v) is 7.90. The van der Waals surface area contributed by atoms with Gasteiger partial charge < -0.3 is 14.7 Å². The number of piperazine rings is 2. The third kappa shape index (κ3) is 6.14. The minimum absolute atomic E-state index is 0.0161. The molecule has 0 atom stereocenters. The molecule has 0 aliphatic carbocycles. The van der Waals surface area contributed by atoms with E-state index in [-0.39, 0.29) is 74.0 Å². The van der Waals surface area contributed by atoms with Crippen molar-refractivity contribution >= 4 is 61.3 Å². The number of sulfonamides is 1. The summed E-state index contributed by atoms with van der Waals surface area (Å²) in [4.78, 5) is 5.08. The summed E-state index contributed by atoms with van der Waals surface area (Å²) >= 11 is 11.5. The number of halogens is 8. The minimum Gasteiger partial charge on any atom is -0.369 e. The van der Waals surface area contributed by atoms with Crippen LogP contribution in [0.5, 0.6) is 0 Å². The Morgan fingerprint density at radius 2 is 1.13 bits per heavy atom. The number of benzene rings is 3. The number of anilines is 3. The number of alkyl halides is 6. The highest BCUT2D eigenvalue weighted by molar-refractivity contribution is 7.89. The first kappa shape index (κ1) is 32.5. The highest BCUT2D eigenvalue weighted by Gasteiger charge is 2.38. The Morgan fingerprint density at radius 3 is 1.63 bits per heavy atom. The molecule has 1 aromatic heterocycles. The van der Waals surface area contributed by atoms with Crippen molar-refractivity contribution in [2.45, 2.75) is 17.2 Å². The zero-order chi connectivity index (χ0) is 33.0. The molecule has 46 heavy (non-hydrogen) atoms. The molecule has 18 heteroatoms. The summed E-state index contributed by atoms with van der Waals surface area (Å²) in [6.07, 6.45) is -9.27. The van der Waals surface area contributed by atoms with Gasteiger partial charge in [-0.15, -0.1) is 0 Å². The summed E-state index contributed by atoms with van der Waals surface area (Å²) in [5.41, 5.74) is -0.773. The average molecular weight is 710 g/mol. The highest BCUT2D eigenvalue weighted by Crippen LogP contribution is 2.40. The molecule has 9 nitrogen and oxygen atoms in total. The summed E-state index contributed by atoms with van der Waals surface area (Å²) in [6.45, 7) is 1.28. The van der Waals surface area contributed by atoms with Gasteiger partial charge in [0.05, 0.1) is 26.9 Å². The summed E-state index contributed by atoms with van der Waals surface area (Å²) in [7, 11) is -4.23. The second kappa shape index (κ2) is 12.0. The van der Waals surface area contributed by atoms with Crippen molar-refractivity contribution < 1.29 is 39.4 Å². The monoisotopic (exact) mass is 708 g/mol. The molecule has 3 heterocycles. The van der Waals surface area contributed by atoms with Crippen LogP contribution in [0.4, 0.5) is 43.4 Å². The normalized spacial score (nSPS) is 17.3. The molecule has 0 bridgehead atoms. The third-order valence-electron chi connectivity index (χ3n) is 8.06. The molecule has 0 spiro atoms. The van der Waals surface area contributed by atoms with E-state index in [1.54, 1.807) is 26.8 Å². The first-order valence-electron chi connectivity index (χ1n) is 13.9. The third-order valence-corrected chi connectivity index (χ3v) is 10.7. The van der Waals surface area contributed by atoms with Crippen molar-refractivity contribution in [3.05, 3.63) is 69.7 Å². The van der Waals surface area contributed by atoms with Gasteiger partial charge in [-0.05, 0) is 58.8 Å². The lowest BCUT2D eigenvalue weighted by molar-refractivity contribution is -0.138. The molecule has 2 fully saturated rings. The van der Waals surface area contributed by atoms with Gasteiger partial charge in [-0.2, -0.15) is 30.6 Å². The van der Waals surface area contributed by atoms with Crippen LogP contribution in [-0.4, -0.2) is 75.4 Å². The largest absolute Gasteiger partial charge is 0.417 e. The van der Waals surface area contributed by atoms with E-state index in [0.717, 1.165) is 18.2 Å². The average Bonchev–Trinajstić information content (AvgIpc) is 3.49. The van der Waals surface area contributed by atoms with Gasteiger partial charge in [-0.1, -0.05) is 23.2 Å². The standard InChI is InChI=1S/C28H24Cl2F6N6O3S/c29-21-3-1-17(15-19(21)27(31,32)33)39-7-9-41(10-8-39)24-6-5-23-25(38-45-37-23)26(24)46(43,44)42-13-11-40(12-14-42)18-2-4-22(30)20(16-18)28(34,35)36/h1-6,15-16H,7-14H2. The zero-order valence-corrected chi connectivity index (χ0v) is 25.9. The van der Waals surface area contributed by atoms with Crippen LogP contribution >= 0.6 is 23.2 Å². The van der Waals surface area contributed by atoms with Crippen molar-refractivity contribution in [2.24, 2.45) is 0 Å². The van der Waals surface area contributed by atoms with Gasteiger partial charge in [-0.25, -0.2) is 13.0 Å². The second-order valence-electron chi connectivity index (χ2n) is 10.7. The minimum atomic E-state index is -4.65. The predicted molar refractivity (Wildman–Crippen MR) is 160 cm³/mol. The first-order chi connectivity index (χ1) is 21.6. The molecular weight excluding hydrogens is 685 g/mol. The number of rotatable bonds is 5. The molecule has 6 rings (SSSR count). The number of aromatic nitrogens is 2. The number of fused-ring (bicyclic) bond motifs is 1. The van der Waals surface area contributed by atoms with E-state index >= 15 is 0 Å². The SMILES string of the molecule is O=S(=O)(c1c(N2CCN(c3ccc(Cl)c(C(F)(F)F)c3)CC2)ccc2nonc12)N1CCN(c2ccc(Cl)c(C(F)(F)F)c2)CC1. The van der Waals surface area contributed by atoms with Crippen molar-refractivity contribution in [3.63, 3.8) is 0 Å². The summed E-state index contributed by atoms with van der Waals surface area (Å²) in [6, 6.07) is 10.4. The molecule has 0 N–H and O–H groups in total. The maximum atomic E-state index is 14.2. The van der Waals surface area contributed by atoms with Crippen LogP contribution in [-0.2, 0) is 22.4 Å². The van der Waals surface area contributed by atoms with Gasteiger partial charge in [0.25, 0.3) is 0 Å². The Balaban J connectivity index is 1.23. The van der Waals surface area contributed by atoms with E-state index in [2.05, 4.69) is 10.3 Å². The molecule has 0 unspecified atom stereocenters. The van der Waals surface area contributed by atoms with Gasteiger partial charge in [0.2, 0.25) is 10.0 Å². The molecule has 3 aromatic carbocycles. The summed E-state index contributed by atoms with van der Waals surface area (Å²) in [5, 5.41) is 6.82. The van der Waals surface area contributed by atoms with Gasteiger partial charge in [0, 0.05) is 63.7 Å². The van der Waals surface area contributed by atoms with Crippen LogP contribution in [0.15, 0.2) is 58.1 Å². The molecule has 2 saturated heterocycles. The molecule has 2 aliphatic rings. The maximum absolute atomic E-state index is 14.2. The maximum Gasteiger partial charge on any atom is 0.417 e. The van der Waals surface area contributed by atoms with Crippen LogP contribution in [0.2, 0.25) is 10.0 Å². The van der Waals surface area contributed by atoms with E-state index in [4.69, 9.17) is 27.8 Å². The van der Waals surface area contributed by atoms with Crippen LogP contribution < -0.4 is 14.7 Å². The van der Waals surface area contributed by atoms with Crippen molar-refractivity contribution in [1.29, 1.82) is 0 Å². The molecule has 0 saturated carbocycles. The van der Waals surface area contributed by atoms with E-state index < -0.39 is 43.5 Å². The molecule has 2 aliphatic heterocycles. The fraction of sp³-hybridized carbons (Fsp3) is 0.357. The van der Waals surface area contributed by atoms with E-state index in [1.807, 2.05) is 0 Å². The Morgan fingerprint density at radius 1 is 0.652 bits per heavy atom. The van der Waals surface area contributed by atoms with E-state index in [9.17, 15) is 34.8 Å². The van der Waals surface area contributed by atoms with Gasteiger partial charge in [0.1, 0.15) is 10.4 Å². The van der Waals surface area contributed by atoms with E-state index in [0.29, 0.717) is 11.4 Å². The summed E-state index contributed by atoms with van der Waals surface area (Å²) < 4.78 is 115. The Labute approximate surface area is 268 Å². The van der Waals surface area contributed by atoms with Crippen LogP contribution in [0, 0.1) is 0 Å². The van der Waals surface area contributed by atoms with Crippen LogP contribution in [0.1, 0.15) is 11.1 Å². The molecule has 246 valence electrons. The quantitative estimate of drug-likeness (QED) is 0.220. The Bertz CT molecular complexity index is 1870. The number of nitrogens with zero attached hydrogens (tertiary/aromatic N) is 6. The number of hydrogen-bond acceptors (Lipinski definition) is 8. The van der Waals surface area contributed by atoms with Crippen molar-refractivity contribution in [1.82, 2.24) is 14.6 Å². The van der Waals surface area contributed by atoms with E-state index in [1.165, 1.54) is 22.5 Å². The van der Waals surface area contributed by atoms with Crippen molar-refractivity contribution in [2.75, 3.05) is 67.1 Å². The van der Waals surface area contributed by atoms with Gasteiger partial charge in [0.15, 0.2) is 5.52 Å². The highest BCUT2D eigenvalue weighted by atomic mass is 35.5. The molecule has 0 amide bonds. The number of hydrogen-bond donors (Lipinski definition) is 0.